The standard InChI is InChI=1S/C23H26N4O2/c1-13-5-6-19-17(9-13)10-18-22(25-19)24-12-27(23(18)29)11-20(28)26-21-15(3)7-14(2)8-16(21)4/h7-8,10,12-13H,5-6,9,11H2,1-4H3,(H,26,28). The minimum atomic E-state index is -0.247. The van der Waals surface area contributed by atoms with Gasteiger partial charge >= 0.3 is 0 Å². The van der Waals surface area contributed by atoms with Crippen molar-refractivity contribution in [2.45, 2.75) is 53.5 Å². The third-order valence-corrected chi connectivity index (χ3v) is 5.68. The number of carbonyl (C=O) groups is 1. The normalized spacial score (nSPS) is 15.9. The lowest BCUT2D eigenvalue weighted by Gasteiger charge is -2.20. The molecule has 4 rings (SSSR count). The average molecular weight is 390 g/mol. The van der Waals surface area contributed by atoms with Gasteiger partial charge in [0.1, 0.15) is 12.9 Å². The van der Waals surface area contributed by atoms with Crippen LogP contribution in [-0.4, -0.2) is 20.4 Å². The van der Waals surface area contributed by atoms with Gasteiger partial charge in [-0.1, -0.05) is 24.6 Å². The summed E-state index contributed by atoms with van der Waals surface area (Å²) in [6.45, 7) is 8.10. The first-order valence-electron chi connectivity index (χ1n) is 10.1. The van der Waals surface area contributed by atoms with E-state index in [0.717, 1.165) is 52.9 Å². The number of fused-ring (bicyclic) bond motifs is 2. The van der Waals surface area contributed by atoms with Crippen molar-refractivity contribution in [2.75, 3.05) is 5.32 Å². The molecule has 2 aromatic heterocycles. The highest BCUT2D eigenvalue weighted by Crippen LogP contribution is 2.25. The van der Waals surface area contributed by atoms with Gasteiger partial charge in [-0.15, -0.1) is 0 Å². The van der Waals surface area contributed by atoms with Crippen LogP contribution in [0, 0.1) is 26.7 Å². The maximum Gasteiger partial charge on any atom is 0.263 e. The summed E-state index contributed by atoms with van der Waals surface area (Å²) < 4.78 is 1.36. The Morgan fingerprint density at radius 3 is 2.66 bits per heavy atom. The van der Waals surface area contributed by atoms with E-state index in [0.29, 0.717) is 17.0 Å². The molecule has 1 aliphatic rings. The molecular weight excluding hydrogens is 364 g/mol. The highest BCUT2D eigenvalue weighted by molar-refractivity contribution is 5.92. The monoisotopic (exact) mass is 390 g/mol. The number of hydrogen-bond donors (Lipinski definition) is 1. The lowest BCUT2D eigenvalue weighted by atomic mass is 9.87. The van der Waals surface area contributed by atoms with Crippen molar-refractivity contribution in [2.24, 2.45) is 5.92 Å². The van der Waals surface area contributed by atoms with Crippen molar-refractivity contribution >= 4 is 22.6 Å². The summed E-state index contributed by atoms with van der Waals surface area (Å²) in [5.74, 6) is 0.343. The number of nitrogens with zero attached hydrogens (tertiary/aromatic N) is 3. The Bertz CT molecular complexity index is 1160. The molecule has 6 heteroatoms. The SMILES string of the molecule is Cc1cc(C)c(NC(=O)Cn2cnc3nc4c(cc3c2=O)CC(C)CC4)c(C)c1. The third-order valence-electron chi connectivity index (χ3n) is 5.68. The Kier molecular flexibility index (Phi) is 4.94. The lowest BCUT2D eigenvalue weighted by molar-refractivity contribution is -0.116. The van der Waals surface area contributed by atoms with Crippen molar-refractivity contribution < 1.29 is 4.79 Å². The summed E-state index contributed by atoms with van der Waals surface area (Å²) in [6, 6.07) is 5.98. The summed E-state index contributed by atoms with van der Waals surface area (Å²) in [4.78, 5) is 34.5. The second-order valence-corrected chi connectivity index (χ2v) is 8.31. The molecule has 1 aliphatic carbocycles. The van der Waals surface area contributed by atoms with Gasteiger partial charge in [0.15, 0.2) is 5.65 Å². The Morgan fingerprint density at radius 1 is 1.21 bits per heavy atom. The summed E-state index contributed by atoms with van der Waals surface area (Å²) in [5.41, 5.74) is 6.37. The second kappa shape index (κ2) is 7.43. The summed E-state index contributed by atoms with van der Waals surface area (Å²) in [6.07, 6.45) is 4.39. The maximum absolute atomic E-state index is 13.0. The average Bonchev–Trinajstić information content (AvgIpc) is 2.66. The number of carbonyl (C=O) groups excluding carboxylic acids is 1. The molecule has 0 bridgehead atoms. The first-order chi connectivity index (χ1) is 13.8. The Labute approximate surface area is 170 Å². The van der Waals surface area contributed by atoms with Gasteiger partial charge in [-0.2, -0.15) is 0 Å². The van der Waals surface area contributed by atoms with Gasteiger partial charge in [0, 0.05) is 11.4 Å². The van der Waals surface area contributed by atoms with Crippen LogP contribution in [0.5, 0.6) is 0 Å². The van der Waals surface area contributed by atoms with Crippen molar-refractivity contribution in [1.29, 1.82) is 0 Å². The highest BCUT2D eigenvalue weighted by Gasteiger charge is 2.19. The zero-order chi connectivity index (χ0) is 20.7. The number of benzene rings is 1. The van der Waals surface area contributed by atoms with Gasteiger partial charge in [-0.3, -0.25) is 14.2 Å². The largest absolute Gasteiger partial charge is 0.324 e. The molecule has 0 radical (unpaired) electrons. The van der Waals surface area contributed by atoms with Gasteiger partial charge in [0.2, 0.25) is 5.91 Å². The van der Waals surface area contributed by atoms with Crippen LogP contribution in [0.15, 0.2) is 29.3 Å². The predicted octanol–water partition coefficient (Wildman–Crippen LogP) is 3.48. The third kappa shape index (κ3) is 3.79. The molecule has 1 N–H and O–H groups in total. The lowest BCUT2D eigenvalue weighted by Crippen LogP contribution is -2.29. The maximum atomic E-state index is 13.0. The van der Waals surface area contributed by atoms with Crippen molar-refractivity contribution in [3.8, 4) is 0 Å². The number of hydrogen-bond acceptors (Lipinski definition) is 4. The molecule has 1 aromatic carbocycles. The number of aryl methyl sites for hydroxylation is 4. The van der Waals surface area contributed by atoms with Crippen LogP contribution in [0.2, 0.25) is 0 Å². The van der Waals surface area contributed by atoms with Gasteiger partial charge in [-0.25, -0.2) is 9.97 Å². The molecule has 1 amide bonds. The topological polar surface area (TPSA) is 76.9 Å². The predicted molar refractivity (Wildman–Crippen MR) is 114 cm³/mol. The van der Waals surface area contributed by atoms with Crippen LogP contribution in [0.1, 0.15) is 41.3 Å². The van der Waals surface area contributed by atoms with E-state index in [1.54, 1.807) is 0 Å². The molecule has 1 unspecified atom stereocenters. The number of aromatic nitrogens is 3. The number of pyridine rings is 1. The van der Waals surface area contributed by atoms with Crippen LogP contribution >= 0.6 is 0 Å². The summed E-state index contributed by atoms with van der Waals surface area (Å²) in [7, 11) is 0. The smallest absolute Gasteiger partial charge is 0.263 e. The van der Waals surface area contributed by atoms with E-state index in [2.05, 4.69) is 22.2 Å². The van der Waals surface area contributed by atoms with Crippen LogP contribution in [-0.2, 0) is 24.2 Å². The Morgan fingerprint density at radius 2 is 1.93 bits per heavy atom. The number of anilines is 1. The zero-order valence-electron chi connectivity index (χ0n) is 17.4. The molecule has 0 fully saturated rings. The Balaban J connectivity index is 1.62. The molecular formula is C23H26N4O2. The second-order valence-electron chi connectivity index (χ2n) is 8.31. The van der Waals surface area contributed by atoms with Gasteiger partial charge in [0.05, 0.1) is 5.39 Å². The highest BCUT2D eigenvalue weighted by atomic mass is 16.2. The fourth-order valence-electron chi connectivity index (χ4n) is 4.25. The minimum Gasteiger partial charge on any atom is -0.324 e. The number of nitrogens with one attached hydrogen (secondary N) is 1. The molecule has 0 saturated heterocycles. The van der Waals surface area contributed by atoms with Gasteiger partial charge < -0.3 is 5.32 Å². The quantitative estimate of drug-likeness (QED) is 0.743. The molecule has 0 aliphatic heterocycles. The number of amides is 1. The zero-order valence-corrected chi connectivity index (χ0v) is 17.4. The Hall–Kier alpha value is -3.02. The summed E-state index contributed by atoms with van der Waals surface area (Å²) >= 11 is 0. The van der Waals surface area contributed by atoms with E-state index in [4.69, 9.17) is 0 Å². The van der Waals surface area contributed by atoms with E-state index >= 15 is 0 Å². The molecule has 6 nitrogen and oxygen atoms in total. The molecule has 0 saturated carbocycles. The van der Waals surface area contributed by atoms with Crippen molar-refractivity contribution in [1.82, 2.24) is 14.5 Å². The molecule has 2 heterocycles. The van der Waals surface area contributed by atoms with E-state index in [1.807, 2.05) is 39.0 Å². The minimum absolute atomic E-state index is 0.0813. The van der Waals surface area contributed by atoms with Crippen LogP contribution < -0.4 is 10.9 Å². The van der Waals surface area contributed by atoms with Crippen LogP contribution in [0.4, 0.5) is 5.69 Å². The molecule has 0 spiro atoms. The summed E-state index contributed by atoms with van der Waals surface area (Å²) in [5, 5.41) is 3.43. The van der Waals surface area contributed by atoms with Gasteiger partial charge in [0.25, 0.3) is 5.56 Å². The fourth-order valence-corrected chi connectivity index (χ4v) is 4.25. The van der Waals surface area contributed by atoms with Crippen molar-refractivity contribution in [3.05, 3.63) is 62.8 Å². The van der Waals surface area contributed by atoms with Crippen LogP contribution in [0.3, 0.4) is 0 Å². The fraction of sp³-hybridized carbons (Fsp3) is 0.391. The molecule has 150 valence electrons. The molecule has 3 aromatic rings. The van der Waals surface area contributed by atoms with Gasteiger partial charge in [-0.05, 0) is 68.7 Å². The van der Waals surface area contributed by atoms with E-state index in [1.165, 1.54) is 10.9 Å². The molecule has 29 heavy (non-hydrogen) atoms. The van der Waals surface area contributed by atoms with E-state index in [9.17, 15) is 9.59 Å². The number of rotatable bonds is 3. The molecule has 1 atom stereocenters. The van der Waals surface area contributed by atoms with E-state index < -0.39 is 0 Å². The van der Waals surface area contributed by atoms with Crippen molar-refractivity contribution in [3.63, 3.8) is 0 Å². The first kappa shape index (κ1) is 19.3. The van der Waals surface area contributed by atoms with E-state index in [-0.39, 0.29) is 18.0 Å². The van der Waals surface area contributed by atoms with Crippen LogP contribution in [0.25, 0.3) is 11.0 Å². The first-order valence-corrected chi connectivity index (χ1v) is 10.1.